The maximum absolute atomic E-state index is 12.6. The van der Waals surface area contributed by atoms with Crippen LogP contribution in [0.1, 0.15) is 5.56 Å². The number of tetrazole rings is 1. The van der Waals surface area contributed by atoms with E-state index in [0.29, 0.717) is 0 Å². The second-order valence-electron chi connectivity index (χ2n) is 2.72. The molecule has 0 saturated carbocycles. The van der Waals surface area contributed by atoms with Gasteiger partial charge in [-0.2, -0.15) is 5.10 Å². The Labute approximate surface area is 84.2 Å². The molecule has 15 heavy (non-hydrogen) atoms. The number of aromatic nitrogens is 4. The van der Waals surface area contributed by atoms with Gasteiger partial charge in [-0.05, 0) is 28.1 Å². The molecule has 2 rings (SSSR count). The van der Waals surface area contributed by atoms with E-state index in [1.54, 1.807) is 12.1 Å². The second-order valence-corrected chi connectivity index (χ2v) is 2.72. The van der Waals surface area contributed by atoms with Gasteiger partial charge < -0.3 is 5.73 Å². The van der Waals surface area contributed by atoms with Crippen molar-refractivity contribution in [2.75, 3.05) is 5.73 Å². The topological polar surface area (TPSA) is 82.0 Å². The minimum absolute atomic E-state index is 0.0911. The van der Waals surface area contributed by atoms with Crippen molar-refractivity contribution in [1.29, 1.82) is 0 Å². The molecule has 2 N–H and O–H groups in total. The van der Waals surface area contributed by atoms with Gasteiger partial charge in [0.25, 0.3) is 5.95 Å². The largest absolute Gasteiger partial charge is 0.365 e. The van der Waals surface area contributed by atoms with E-state index < -0.39 is 0 Å². The number of nitrogens with two attached hydrogens (primary N) is 1. The Balaban J connectivity index is 2.19. The molecule has 76 valence electrons. The Kier molecular flexibility index (Phi) is 2.36. The summed E-state index contributed by atoms with van der Waals surface area (Å²) in [5.74, 6) is -0.206. The number of anilines is 1. The van der Waals surface area contributed by atoms with E-state index in [-0.39, 0.29) is 11.8 Å². The summed E-state index contributed by atoms with van der Waals surface area (Å²) >= 11 is 0. The van der Waals surface area contributed by atoms with Crippen molar-refractivity contribution in [2.24, 2.45) is 5.10 Å². The van der Waals surface area contributed by atoms with Crippen LogP contribution in [-0.2, 0) is 0 Å². The lowest BCUT2D eigenvalue weighted by molar-refractivity contribution is 0.628. The number of nitrogens with zero attached hydrogens (tertiary/aromatic N) is 5. The Morgan fingerprint density at radius 2 is 2.07 bits per heavy atom. The molecule has 0 bridgehead atoms. The van der Waals surface area contributed by atoms with Crippen molar-refractivity contribution in [1.82, 2.24) is 20.3 Å². The van der Waals surface area contributed by atoms with E-state index in [4.69, 9.17) is 5.73 Å². The SMILES string of the molecule is Nc1nnnn1/N=C/c1ccc(F)cc1. The number of nitrogen functional groups attached to an aromatic ring is 1. The van der Waals surface area contributed by atoms with Crippen LogP contribution in [-0.4, -0.2) is 26.5 Å². The summed E-state index contributed by atoms with van der Waals surface area (Å²) in [4.78, 5) is 1.07. The summed E-state index contributed by atoms with van der Waals surface area (Å²) in [5, 5.41) is 14.1. The third-order valence-corrected chi connectivity index (χ3v) is 1.66. The zero-order chi connectivity index (χ0) is 10.7. The molecule has 2 aromatic rings. The van der Waals surface area contributed by atoms with Crippen LogP contribution >= 0.6 is 0 Å². The van der Waals surface area contributed by atoms with Gasteiger partial charge in [-0.25, -0.2) is 4.39 Å². The molecule has 1 aromatic heterocycles. The zero-order valence-electron chi connectivity index (χ0n) is 7.58. The maximum atomic E-state index is 12.6. The molecule has 0 radical (unpaired) electrons. The van der Waals surface area contributed by atoms with Gasteiger partial charge >= 0.3 is 0 Å². The van der Waals surface area contributed by atoms with Crippen molar-refractivity contribution in [3.05, 3.63) is 35.6 Å². The van der Waals surface area contributed by atoms with Gasteiger partial charge in [0.15, 0.2) is 0 Å². The van der Waals surface area contributed by atoms with Crippen LogP contribution in [0.25, 0.3) is 0 Å². The Morgan fingerprint density at radius 3 is 2.67 bits per heavy atom. The van der Waals surface area contributed by atoms with Crippen LogP contribution in [0, 0.1) is 5.82 Å². The quantitative estimate of drug-likeness (QED) is 0.715. The van der Waals surface area contributed by atoms with Gasteiger partial charge in [0.1, 0.15) is 5.82 Å². The third-order valence-electron chi connectivity index (χ3n) is 1.66. The molecule has 6 nitrogen and oxygen atoms in total. The molecular formula is C8H7FN6. The molecule has 0 aliphatic rings. The highest BCUT2D eigenvalue weighted by Gasteiger charge is 1.96. The molecule has 1 heterocycles. The van der Waals surface area contributed by atoms with Crippen LogP contribution < -0.4 is 5.73 Å². The van der Waals surface area contributed by atoms with Crippen LogP contribution in [0.4, 0.5) is 10.3 Å². The fourth-order valence-electron chi connectivity index (χ4n) is 0.942. The second kappa shape index (κ2) is 3.82. The normalized spacial score (nSPS) is 11.0. The lowest BCUT2D eigenvalue weighted by Gasteiger charge is -1.92. The van der Waals surface area contributed by atoms with E-state index >= 15 is 0 Å². The van der Waals surface area contributed by atoms with E-state index in [0.717, 1.165) is 10.4 Å². The van der Waals surface area contributed by atoms with Crippen molar-refractivity contribution in [3.63, 3.8) is 0 Å². The van der Waals surface area contributed by atoms with Crippen LogP contribution in [0.5, 0.6) is 0 Å². The molecule has 0 spiro atoms. The van der Waals surface area contributed by atoms with E-state index in [1.807, 2.05) is 0 Å². The third kappa shape index (κ3) is 2.13. The highest BCUT2D eigenvalue weighted by Crippen LogP contribution is 2.00. The Bertz CT molecular complexity index is 474. The minimum Gasteiger partial charge on any atom is -0.365 e. The lowest BCUT2D eigenvalue weighted by atomic mass is 10.2. The average molecular weight is 206 g/mol. The standard InChI is InChI=1S/C8H7FN6/c9-7-3-1-6(2-4-7)5-11-15-8(10)12-13-14-15/h1-5H,(H2,10,12,14)/b11-5+. The van der Waals surface area contributed by atoms with E-state index in [9.17, 15) is 4.39 Å². The molecule has 0 fully saturated rings. The monoisotopic (exact) mass is 206 g/mol. The van der Waals surface area contributed by atoms with Gasteiger partial charge in [0.05, 0.1) is 6.21 Å². The first-order chi connectivity index (χ1) is 7.25. The van der Waals surface area contributed by atoms with Gasteiger partial charge in [0.2, 0.25) is 0 Å². The first-order valence-electron chi connectivity index (χ1n) is 4.09. The van der Waals surface area contributed by atoms with Gasteiger partial charge in [-0.3, -0.25) is 0 Å². The van der Waals surface area contributed by atoms with Crippen molar-refractivity contribution in [2.45, 2.75) is 0 Å². The van der Waals surface area contributed by atoms with Gasteiger partial charge in [-0.15, -0.1) is 0 Å². The Hall–Kier alpha value is -2.31. The molecule has 0 aliphatic carbocycles. The lowest BCUT2D eigenvalue weighted by Crippen LogP contribution is -1.99. The fraction of sp³-hybridized carbons (Fsp3) is 0. The molecular weight excluding hydrogens is 199 g/mol. The minimum atomic E-state index is -0.297. The van der Waals surface area contributed by atoms with Crippen molar-refractivity contribution >= 4 is 12.2 Å². The van der Waals surface area contributed by atoms with Crippen LogP contribution in [0.2, 0.25) is 0 Å². The molecule has 7 heteroatoms. The number of hydrogen-bond acceptors (Lipinski definition) is 5. The fourth-order valence-corrected chi connectivity index (χ4v) is 0.942. The predicted molar refractivity (Wildman–Crippen MR) is 51.6 cm³/mol. The summed E-state index contributed by atoms with van der Waals surface area (Å²) in [7, 11) is 0. The van der Waals surface area contributed by atoms with E-state index in [2.05, 4.69) is 20.6 Å². The highest BCUT2D eigenvalue weighted by atomic mass is 19.1. The first-order valence-corrected chi connectivity index (χ1v) is 4.09. The van der Waals surface area contributed by atoms with Crippen LogP contribution in [0.15, 0.2) is 29.4 Å². The summed E-state index contributed by atoms with van der Waals surface area (Å²) in [6.07, 6.45) is 1.48. The molecule has 0 amide bonds. The predicted octanol–water partition coefficient (Wildman–Crippen LogP) is 0.277. The summed E-state index contributed by atoms with van der Waals surface area (Å²) in [6, 6.07) is 5.84. The molecule has 0 unspecified atom stereocenters. The highest BCUT2D eigenvalue weighted by molar-refractivity contribution is 5.79. The molecule has 0 saturated heterocycles. The average Bonchev–Trinajstić information content (AvgIpc) is 2.63. The van der Waals surface area contributed by atoms with Gasteiger partial charge in [0, 0.05) is 0 Å². The number of rotatable bonds is 2. The van der Waals surface area contributed by atoms with Crippen molar-refractivity contribution in [3.8, 4) is 0 Å². The Morgan fingerprint density at radius 1 is 1.33 bits per heavy atom. The summed E-state index contributed by atoms with van der Waals surface area (Å²) in [6.45, 7) is 0. The molecule has 0 aliphatic heterocycles. The van der Waals surface area contributed by atoms with Gasteiger partial charge in [-0.1, -0.05) is 22.0 Å². The summed E-state index contributed by atoms with van der Waals surface area (Å²) < 4.78 is 12.6. The number of halogens is 1. The number of hydrogen-bond donors (Lipinski definition) is 1. The number of benzene rings is 1. The zero-order valence-corrected chi connectivity index (χ0v) is 7.58. The first kappa shape index (κ1) is 9.25. The smallest absolute Gasteiger partial charge is 0.263 e. The maximum Gasteiger partial charge on any atom is 0.263 e. The molecule has 0 atom stereocenters. The van der Waals surface area contributed by atoms with Crippen LogP contribution in [0.3, 0.4) is 0 Å². The summed E-state index contributed by atoms with van der Waals surface area (Å²) in [5.41, 5.74) is 6.11. The van der Waals surface area contributed by atoms with E-state index in [1.165, 1.54) is 18.3 Å². The molecule has 1 aromatic carbocycles. The van der Waals surface area contributed by atoms with Crippen molar-refractivity contribution < 1.29 is 4.39 Å².